The van der Waals surface area contributed by atoms with Gasteiger partial charge in [-0.3, -0.25) is 9.59 Å². The van der Waals surface area contributed by atoms with Crippen LogP contribution in [0.5, 0.6) is 5.75 Å². The number of phenols is 1. The summed E-state index contributed by atoms with van der Waals surface area (Å²) in [6, 6.07) is 10.7. The Labute approximate surface area is 116 Å². The molecule has 5 heteroatoms. The van der Waals surface area contributed by atoms with Crippen LogP contribution in [-0.4, -0.2) is 16.8 Å². The molecule has 0 saturated heterocycles. The van der Waals surface area contributed by atoms with Gasteiger partial charge in [0.25, 0.3) is 5.91 Å². The molecule has 4 N–H and O–H groups in total. The van der Waals surface area contributed by atoms with Crippen LogP contribution in [0.2, 0.25) is 0 Å². The van der Waals surface area contributed by atoms with Crippen LogP contribution in [0.3, 0.4) is 0 Å². The van der Waals surface area contributed by atoms with Gasteiger partial charge >= 0.3 is 0 Å². The SMILES string of the molecule is CC(=O)c1cccc(NC(=O)c2cc(O)ccc2N)c1. The number of nitrogens with two attached hydrogens (primary N) is 1. The molecule has 0 aromatic heterocycles. The van der Waals surface area contributed by atoms with Crippen molar-refractivity contribution in [2.45, 2.75) is 6.92 Å². The zero-order chi connectivity index (χ0) is 14.7. The lowest BCUT2D eigenvalue weighted by molar-refractivity contribution is 0.101. The maximum atomic E-state index is 12.1. The van der Waals surface area contributed by atoms with E-state index in [1.807, 2.05) is 0 Å². The summed E-state index contributed by atoms with van der Waals surface area (Å²) in [6.45, 7) is 1.45. The number of amides is 1. The van der Waals surface area contributed by atoms with Crippen LogP contribution in [0.1, 0.15) is 27.6 Å². The van der Waals surface area contributed by atoms with Crippen molar-refractivity contribution in [1.82, 2.24) is 0 Å². The quantitative estimate of drug-likeness (QED) is 0.453. The largest absolute Gasteiger partial charge is 0.508 e. The van der Waals surface area contributed by atoms with Gasteiger partial charge in [-0.05, 0) is 37.3 Å². The third-order valence-electron chi connectivity index (χ3n) is 2.81. The molecular formula is C15H14N2O3. The predicted molar refractivity (Wildman–Crippen MR) is 76.9 cm³/mol. The molecule has 2 aromatic carbocycles. The monoisotopic (exact) mass is 270 g/mol. The fraction of sp³-hybridized carbons (Fsp3) is 0.0667. The number of aromatic hydroxyl groups is 1. The first kappa shape index (κ1) is 13.6. The second-order valence-corrected chi connectivity index (χ2v) is 4.36. The second kappa shape index (κ2) is 5.44. The van der Waals surface area contributed by atoms with Gasteiger partial charge in [-0.2, -0.15) is 0 Å². The number of hydrogen-bond acceptors (Lipinski definition) is 4. The Morgan fingerprint density at radius 3 is 2.60 bits per heavy atom. The summed E-state index contributed by atoms with van der Waals surface area (Å²) in [4.78, 5) is 23.4. The van der Waals surface area contributed by atoms with Crippen LogP contribution in [0.15, 0.2) is 42.5 Å². The van der Waals surface area contributed by atoms with Crippen molar-refractivity contribution in [3.8, 4) is 5.75 Å². The minimum absolute atomic E-state index is 0.0400. The van der Waals surface area contributed by atoms with Crippen LogP contribution >= 0.6 is 0 Å². The maximum Gasteiger partial charge on any atom is 0.257 e. The number of carbonyl (C=O) groups is 2. The number of nitrogen functional groups attached to an aromatic ring is 1. The third-order valence-corrected chi connectivity index (χ3v) is 2.81. The summed E-state index contributed by atoms with van der Waals surface area (Å²) in [7, 11) is 0. The fourth-order valence-electron chi connectivity index (χ4n) is 1.76. The Morgan fingerprint density at radius 2 is 1.90 bits per heavy atom. The average Bonchev–Trinajstić information content (AvgIpc) is 2.41. The summed E-state index contributed by atoms with van der Waals surface area (Å²) in [6.07, 6.45) is 0. The topological polar surface area (TPSA) is 92.4 Å². The van der Waals surface area contributed by atoms with Crippen molar-refractivity contribution in [1.29, 1.82) is 0 Å². The van der Waals surface area contributed by atoms with E-state index in [0.29, 0.717) is 11.3 Å². The molecule has 0 bridgehead atoms. The van der Waals surface area contributed by atoms with Crippen LogP contribution < -0.4 is 11.1 Å². The summed E-state index contributed by atoms with van der Waals surface area (Å²) < 4.78 is 0. The number of carbonyl (C=O) groups excluding carboxylic acids is 2. The minimum atomic E-state index is -0.445. The standard InChI is InChI=1S/C15H14N2O3/c1-9(18)10-3-2-4-11(7-10)17-15(20)13-8-12(19)5-6-14(13)16/h2-8,19H,16H2,1H3,(H,17,20). The highest BCUT2D eigenvalue weighted by molar-refractivity contribution is 6.08. The molecule has 0 spiro atoms. The van der Waals surface area contributed by atoms with Crippen molar-refractivity contribution in [3.05, 3.63) is 53.6 Å². The van der Waals surface area contributed by atoms with E-state index < -0.39 is 5.91 Å². The number of phenolic OH excluding ortho intramolecular Hbond substituents is 1. The Balaban J connectivity index is 2.25. The molecule has 2 rings (SSSR count). The smallest absolute Gasteiger partial charge is 0.257 e. The van der Waals surface area contributed by atoms with E-state index in [-0.39, 0.29) is 22.8 Å². The lowest BCUT2D eigenvalue weighted by atomic mass is 10.1. The van der Waals surface area contributed by atoms with E-state index in [1.165, 1.54) is 25.1 Å². The molecule has 0 fully saturated rings. The van der Waals surface area contributed by atoms with E-state index in [1.54, 1.807) is 24.3 Å². The summed E-state index contributed by atoms with van der Waals surface area (Å²) in [5, 5.41) is 12.0. The molecule has 2 aromatic rings. The Kier molecular flexibility index (Phi) is 3.70. The highest BCUT2D eigenvalue weighted by atomic mass is 16.3. The number of nitrogens with one attached hydrogen (secondary N) is 1. The third kappa shape index (κ3) is 2.95. The van der Waals surface area contributed by atoms with E-state index in [4.69, 9.17) is 5.73 Å². The lowest BCUT2D eigenvalue weighted by Crippen LogP contribution is -2.14. The number of Topliss-reactive ketones (excluding diaryl/α,β-unsaturated/α-hetero) is 1. The van der Waals surface area contributed by atoms with Gasteiger partial charge < -0.3 is 16.2 Å². The predicted octanol–water partition coefficient (Wildman–Crippen LogP) is 2.43. The first-order valence-corrected chi connectivity index (χ1v) is 5.98. The fourth-order valence-corrected chi connectivity index (χ4v) is 1.76. The minimum Gasteiger partial charge on any atom is -0.508 e. The van der Waals surface area contributed by atoms with Crippen molar-refractivity contribution in [3.63, 3.8) is 0 Å². The molecule has 0 unspecified atom stereocenters. The zero-order valence-electron chi connectivity index (χ0n) is 10.9. The van der Waals surface area contributed by atoms with E-state index in [9.17, 15) is 14.7 Å². The van der Waals surface area contributed by atoms with Crippen molar-refractivity contribution >= 4 is 23.1 Å². The van der Waals surface area contributed by atoms with Crippen LogP contribution in [0.25, 0.3) is 0 Å². The number of ketones is 1. The Bertz CT molecular complexity index is 681. The lowest BCUT2D eigenvalue weighted by Gasteiger charge is -2.08. The van der Waals surface area contributed by atoms with Gasteiger partial charge in [0.1, 0.15) is 5.75 Å². The second-order valence-electron chi connectivity index (χ2n) is 4.36. The highest BCUT2D eigenvalue weighted by Gasteiger charge is 2.11. The van der Waals surface area contributed by atoms with Gasteiger partial charge in [-0.15, -0.1) is 0 Å². The van der Waals surface area contributed by atoms with Crippen molar-refractivity contribution in [2.75, 3.05) is 11.1 Å². The molecule has 0 saturated carbocycles. The Morgan fingerprint density at radius 1 is 1.15 bits per heavy atom. The number of hydrogen-bond donors (Lipinski definition) is 3. The van der Waals surface area contributed by atoms with Gasteiger partial charge in [0.05, 0.1) is 5.56 Å². The van der Waals surface area contributed by atoms with E-state index in [2.05, 4.69) is 5.32 Å². The highest BCUT2D eigenvalue weighted by Crippen LogP contribution is 2.20. The number of anilines is 2. The summed E-state index contributed by atoms with van der Waals surface area (Å²) >= 11 is 0. The molecule has 0 aliphatic carbocycles. The first-order chi connectivity index (χ1) is 9.47. The average molecular weight is 270 g/mol. The van der Waals surface area contributed by atoms with Crippen LogP contribution in [0, 0.1) is 0 Å². The number of rotatable bonds is 3. The molecular weight excluding hydrogens is 256 g/mol. The van der Waals surface area contributed by atoms with E-state index in [0.717, 1.165) is 0 Å². The van der Waals surface area contributed by atoms with E-state index >= 15 is 0 Å². The van der Waals surface area contributed by atoms with Gasteiger partial charge in [0.15, 0.2) is 5.78 Å². The molecule has 0 aliphatic rings. The summed E-state index contributed by atoms with van der Waals surface area (Å²) in [5.41, 5.74) is 7.14. The van der Waals surface area contributed by atoms with Gasteiger partial charge in [0, 0.05) is 16.9 Å². The van der Waals surface area contributed by atoms with Crippen LogP contribution in [0.4, 0.5) is 11.4 Å². The maximum absolute atomic E-state index is 12.1. The molecule has 0 aliphatic heterocycles. The van der Waals surface area contributed by atoms with Gasteiger partial charge in [-0.25, -0.2) is 0 Å². The van der Waals surface area contributed by atoms with Crippen LogP contribution in [-0.2, 0) is 0 Å². The summed E-state index contributed by atoms with van der Waals surface area (Å²) in [5.74, 6) is -0.570. The number of benzene rings is 2. The van der Waals surface area contributed by atoms with Gasteiger partial charge in [0.2, 0.25) is 0 Å². The van der Waals surface area contributed by atoms with Crippen molar-refractivity contribution < 1.29 is 14.7 Å². The molecule has 0 heterocycles. The normalized spacial score (nSPS) is 10.1. The zero-order valence-corrected chi connectivity index (χ0v) is 10.9. The molecule has 0 atom stereocenters. The molecule has 1 amide bonds. The molecule has 20 heavy (non-hydrogen) atoms. The Hall–Kier alpha value is -2.82. The molecule has 102 valence electrons. The molecule has 0 radical (unpaired) electrons. The van der Waals surface area contributed by atoms with Gasteiger partial charge in [-0.1, -0.05) is 12.1 Å². The molecule has 5 nitrogen and oxygen atoms in total. The first-order valence-electron chi connectivity index (χ1n) is 5.98. The van der Waals surface area contributed by atoms with Crippen molar-refractivity contribution in [2.24, 2.45) is 0 Å².